The van der Waals surface area contributed by atoms with E-state index in [0.717, 1.165) is 14.2 Å². The van der Waals surface area contributed by atoms with E-state index < -0.39 is 71.4 Å². The van der Waals surface area contributed by atoms with Gasteiger partial charge in [-0.15, -0.1) is 0 Å². The van der Waals surface area contributed by atoms with Crippen LogP contribution in [-0.2, 0) is 51.0 Å². The van der Waals surface area contributed by atoms with Crippen molar-refractivity contribution in [2.75, 3.05) is 39.8 Å². The number of rotatable bonds is 12. The summed E-state index contributed by atoms with van der Waals surface area (Å²) in [5.74, 6) is -2.12. The first-order chi connectivity index (χ1) is 17.3. The molecule has 19 nitrogen and oxygen atoms in total. The summed E-state index contributed by atoms with van der Waals surface area (Å²) in [7, 11) is -7.62. The third-order valence-corrected chi connectivity index (χ3v) is 6.68. The first kappa shape index (κ1) is 28.8. The predicted octanol–water partition coefficient (Wildman–Crippen LogP) is -1.03. The molecule has 1 saturated heterocycles. The summed E-state index contributed by atoms with van der Waals surface area (Å²) in [6.07, 6.45) is -2.72. The highest BCUT2D eigenvalue weighted by atomic mass is 31.2. The van der Waals surface area contributed by atoms with Gasteiger partial charge in [-0.25, -0.2) is 23.7 Å². The molecule has 0 spiro atoms. The lowest BCUT2D eigenvalue weighted by Gasteiger charge is -2.21. The van der Waals surface area contributed by atoms with Crippen molar-refractivity contribution in [3.05, 3.63) is 16.7 Å². The van der Waals surface area contributed by atoms with Crippen LogP contribution < -0.4 is 11.3 Å². The Morgan fingerprint density at radius 2 is 1.78 bits per heavy atom. The van der Waals surface area contributed by atoms with E-state index in [9.17, 15) is 33.3 Å². The van der Waals surface area contributed by atoms with Crippen LogP contribution >= 0.6 is 15.6 Å². The molecule has 3 rings (SSSR count). The summed E-state index contributed by atoms with van der Waals surface area (Å²) in [6.45, 7) is -2.54. The van der Waals surface area contributed by atoms with Gasteiger partial charge in [0.05, 0.1) is 27.2 Å². The van der Waals surface area contributed by atoms with E-state index in [1.165, 1.54) is 10.9 Å². The Bertz CT molecular complexity index is 1300. The maximum atomic E-state index is 12.4. The first-order valence-electron chi connectivity index (χ1n) is 10.1. The molecule has 1 aliphatic heterocycles. The van der Waals surface area contributed by atoms with Crippen LogP contribution in [-0.4, -0.2) is 87.5 Å². The zero-order valence-electron chi connectivity index (χ0n) is 19.2. The molecule has 1 aliphatic rings. The van der Waals surface area contributed by atoms with E-state index in [-0.39, 0.29) is 23.5 Å². The average Bonchev–Trinajstić information content (AvgIpc) is 3.43. The number of hydrogen-bond donors (Lipinski definition) is 4. The number of aromatic amines is 1. The van der Waals surface area contributed by atoms with Gasteiger partial charge in [0, 0.05) is 6.42 Å². The Hall–Kier alpha value is -2.73. The third kappa shape index (κ3) is 7.64. The van der Waals surface area contributed by atoms with Gasteiger partial charge in [0.2, 0.25) is 5.95 Å². The van der Waals surface area contributed by atoms with E-state index in [2.05, 4.69) is 33.5 Å². The molecule has 0 aliphatic carbocycles. The van der Waals surface area contributed by atoms with Gasteiger partial charge in [0.25, 0.3) is 5.56 Å². The lowest BCUT2D eigenvalue weighted by molar-refractivity contribution is -0.144. The highest BCUT2D eigenvalue weighted by Gasteiger charge is 2.43. The maximum Gasteiger partial charge on any atom is 0.473 e. The molecule has 206 valence electrons. The van der Waals surface area contributed by atoms with Gasteiger partial charge in [-0.2, -0.15) is 4.98 Å². The minimum absolute atomic E-state index is 0.00920. The van der Waals surface area contributed by atoms with Crippen molar-refractivity contribution >= 4 is 44.7 Å². The fourth-order valence-corrected chi connectivity index (χ4v) is 4.65. The van der Waals surface area contributed by atoms with E-state index >= 15 is 0 Å². The standard InChI is InChI=1S/C16H23N5O14P2/c1-29-11(22)5-32-36(25,26)31-4-9-8(35-37(27,28)33-6-12(23)30-2)3-10(34-9)21-7-18-13-14(21)19-16(17)20-15(13)24/h7-10H,3-6H2,1-2H3,(H,25,26)(H,27,28)(H3,17,19,20,24)/t8?,9-,10-/m1/s1. The second-order valence-corrected chi connectivity index (χ2v) is 10.1. The SMILES string of the molecule is COC(=O)COP(=O)(O)OC[C@H]1O[C@@H](n2cnc3c(=O)[nH]c(N)nc32)CC1OP(=O)(O)OCC(=O)OC. The minimum Gasteiger partial charge on any atom is -0.467 e. The van der Waals surface area contributed by atoms with E-state index in [1.807, 2.05) is 0 Å². The van der Waals surface area contributed by atoms with Crippen molar-refractivity contribution in [3.63, 3.8) is 0 Å². The quantitative estimate of drug-likeness (QED) is 0.175. The summed E-state index contributed by atoms with van der Waals surface area (Å²) in [5.41, 5.74) is 4.88. The smallest absolute Gasteiger partial charge is 0.467 e. The van der Waals surface area contributed by atoms with Gasteiger partial charge < -0.3 is 29.7 Å². The van der Waals surface area contributed by atoms with Crippen LogP contribution in [0.1, 0.15) is 12.6 Å². The van der Waals surface area contributed by atoms with Gasteiger partial charge in [-0.05, 0) is 0 Å². The van der Waals surface area contributed by atoms with E-state index in [0.29, 0.717) is 0 Å². The number of nitrogens with one attached hydrogen (secondary N) is 1. The van der Waals surface area contributed by atoms with Crippen molar-refractivity contribution < 1.29 is 60.8 Å². The molecule has 0 bridgehead atoms. The molecular weight excluding hydrogens is 548 g/mol. The second-order valence-electron chi connectivity index (χ2n) is 7.22. The summed E-state index contributed by atoms with van der Waals surface area (Å²) < 4.78 is 59.2. The van der Waals surface area contributed by atoms with E-state index in [4.69, 9.17) is 19.5 Å². The van der Waals surface area contributed by atoms with Crippen LogP contribution in [0, 0.1) is 0 Å². The van der Waals surface area contributed by atoms with Crippen LogP contribution in [0.4, 0.5) is 5.95 Å². The number of phosphoric acid groups is 2. The number of nitrogens with two attached hydrogens (primary N) is 1. The lowest BCUT2D eigenvalue weighted by atomic mass is 10.2. The van der Waals surface area contributed by atoms with Crippen molar-refractivity contribution in [1.82, 2.24) is 19.5 Å². The topological polar surface area (TPSA) is 263 Å². The number of phosphoric ester groups is 2. The molecule has 5 atom stereocenters. The Balaban J connectivity index is 1.80. The van der Waals surface area contributed by atoms with Crippen LogP contribution in [0.3, 0.4) is 0 Å². The number of carbonyl (C=O) groups is 2. The minimum atomic E-state index is -4.88. The molecule has 37 heavy (non-hydrogen) atoms. The highest BCUT2D eigenvalue weighted by molar-refractivity contribution is 7.47. The van der Waals surface area contributed by atoms with Gasteiger partial charge in [-0.1, -0.05) is 0 Å². The monoisotopic (exact) mass is 571 g/mol. The van der Waals surface area contributed by atoms with Gasteiger partial charge in [0.1, 0.15) is 18.4 Å². The number of esters is 2. The third-order valence-electron chi connectivity index (χ3n) is 4.76. The summed E-state index contributed by atoms with van der Waals surface area (Å²) in [6, 6.07) is 0. The largest absolute Gasteiger partial charge is 0.473 e. The number of imidazole rings is 1. The van der Waals surface area contributed by atoms with Crippen LogP contribution in [0.15, 0.2) is 11.1 Å². The number of aromatic nitrogens is 4. The van der Waals surface area contributed by atoms with Gasteiger partial charge >= 0.3 is 27.6 Å². The van der Waals surface area contributed by atoms with Crippen LogP contribution in [0.5, 0.6) is 0 Å². The van der Waals surface area contributed by atoms with Crippen molar-refractivity contribution in [3.8, 4) is 0 Å². The number of hydrogen-bond acceptors (Lipinski definition) is 15. The second kappa shape index (κ2) is 11.8. The van der Waals surface area contributed by atoms with Crippen LogP contribution in [0.2, 0.25) is 0 Å². The van der Waals surface area contributed by atoms with Crippen molar-refractivity contribution in [2.24, 2.45) is 0 Å². The Labute approximate surface area is 207 Å². The van der Waals surface area contributed by atoms with E-state index in [1.54, 1.807) is 0 Å². The number of anilines is 1. The van der Waals surface area contributed by atoms with Crippen LogP contribution in [0.25, 0.3) is 11.2 Å². The lowest BCUT2D eigenvalue weighted by Crippen LogP contribution is -2.29. The molecule has 3 unspecified atom stereocenters. The Morgan fingerprint density at radius 1 is 1.16 bits per heavy atom. The molecule has 0 aromatic carbocycles. The molecule has 0 radical (unpaired) electrons. The van der Waals surface area contributed by atoms with Crippen molar-refractivity contribution in [2.45, 2.75) is 24.9 Å². The fraction of sp³-hybridized carbons (Fsp3) is 0.562. The zero-order chi connectivity index (χ0) is 27.4. The molecule has 0 saturated carbocycles. The number of methoxy groups -OCH3 is 2. The molecule has 2 aromatic heterocycles. The maximum absolute atomic E-state index is 12.4. The summed E-state index contributed by atoms with van der Waals surface area (Å²) in [5, 5.41) is 0. The molecular formula is C16H23N5O14P2. The molecule has 5 N–H and O–H groups in total. The average molecular weight is 571 g/mol. The molecule has 21 heteroatoms. The highest BCUT2D eigenvalue weighted by Crippen LogP contribution is 2.50. The van der Waals surface area contributed by atoms with Gasteiger partial charge in [0.15, 0.2) is 24.4 Å². The Morgan fingerprint density at radius 3 is 2.41 bits per heavy atom. The number of nitrogen functional groups attached to an aromatic ring is 1. The number of nitrogens with zero attached hydrogens (tertiary/aromatic N) is 3. The Kier molecular flexibility index (Phi) is 9.17. The first-order valence-corrected chi connectivity index (χ1v) is 13.1. The number of fused-ring (bicyclic) bond motifs is 1. The summed E-state index contributed by atoms with van der Waals surface area (Å²) >= 11 is 0. The summed E-state index contributed by atoms with van der Waals surface area (Å²) in [4.78, 5) is 64.5. The normalized spacial score (nSPS) is 22.9. The van der Waals surface area contributed by atoms with Crippen molar-refractivity contribution in [1.29, 1.82) is 0 Å². The molecule has 1 fully saturated rings. The fourth-order valence-electron chi connectivity index (χ4n) is 3.08. The predicted molar refractivity (Wildman–Crippen MR) is 117 cm³/mol. The number of H-pyrrole nitrogens is 1. The van der Waals surface area contributed by atoms with Gasteiger partial charge in [-0.3, -0.25) is 32.4 Å². The number of carbonyl (C=O) groups excluding carboxylic acids is 2. The zero-order valence-corrected chi connectivity index (χ0v) is 21.0. The molecule has 2 aromatic rings. The molecule has 0 amide bonds. The number of ether oxygens (including phenoxy) is 3. The molecule has 3 heterocycles.